The van der Waals surface area contributed by atoms with E-state index in [0.717, 1.165) is 18.3 Å². The smallest absolute Gasteiger partial charge is 0.224 e. The summed E-state index contributed by atoms with van der Waals surface area (Å²) < 4.78 is 31.9. The van der Waals surface area contributed by atoms with Crippen molar-refractivity contribution in [2.75, 3.05) is 12.8 Å². The van der Waals surface area contributed by atoms with E-state index in [2.05, 4.69) is 9.97 Å². The van der Waals surface area contributed by atoms with Crippen molar-refractivity contribution in [3.63, 3.8) is 0 Å². The highest BCUT2D eigenvalue weighted by Gasteiger charge is 2.24. The number of nitrogens with two attached hydrogens (primary N) is 1. The Morgan fingerprint density at radius 1 is 1.40 bits per heavy atom. The number of methoxy groups -OCH3 is 1. The van der Waals surface area contributed by atoms with Crippen LogP contribution in [0.3, 0.4) is 0 Å². The lowest BCUT2D eigenvalue weighted by molar-refractivity contribution is 0.103. The van der Waals surface area contributed by atoms with Crippen LogP contribution in [-0.2, 0) is 0 Å². The minimum absolute atomic E-state index is 0.122. The normalized spacial score (nSPS) is 10.4. The number of benzene rings is 1. The number of nitrogen functional groups attached to an aromatic ring is 1. The number of ether oxygens (including phenoxy) is 1. The van der Waals surface area contributed by atoms with Crippen molar-refractivity contribution in [2.24, 2.45) is 0 Å². The lowest BCUT2D eigenvalue weighted by atomic mass is 10.0. The van der Waals surface area contributed by atoms with Crippen molar-refractivity contribution >= 4 is 23.2 Å². The number of carbonyl (C=O) groups is 1. The van der Waals surface area contributed by atoms with Crippen LogP contribution in [0.25, 0.3) is 0 Å². The molecule has 0 saturated carbocycles. The first-order valence-corrected chi connectivity index (χ1v) is 5.68. The number of nitrogens with zero attached hydrogens (tertiary/aromatic N) is 2. The number of anilines is 1. The maximum Gasteiger partial charge on any atom is 0.224 e. The first kappa shape index (κ1) is 14.1. The Labute approximate surface area is 117 Å². The van der Waals surface area contributed by atoms with Gasteiger partial charge < -0.3 is 10.5 Å². The highest BCUT2D eigenvalue weighted by molar-refractivity contribution is 6.28. The number of rotatable bonds is 3. The summed E-state index contributed by atoms with van der Waals surface area (Å²) in [6.07, 6.45) is 1.04. The Balaban J connectivity index is 2.61. The lowest BCUT2D eigenvalue weighted by Gasteiger charge is -2.10. The fourth-order valence-electron chi connectivity index (χ4n) is 1.60. The average molecular weight is 300 g/mol. The van der Waals surface area contributed by atoms with Crippen molar-refractivity contribution in [1.29, 1.82) is 0 Å². The molecule has 0 bridgehead atoms. The second-order valence-corrected chi connectivity index (χ2v) is 4.04. The quantitative estimate of drug-likeness (QED) is 0.694. The number of hydrogen-bond acceptors (Lipinski definition) is 5. The van der Waals surface area contributed by atoms with Gasteiger partial charge in [-0.15, -0.1) is 0 Å². The van der Waals surface area contributed by atoms with Gasteiger partial charge in [-0.25, -0.2) is 18.7 Å². The van der Waals surface area contributed by atoms with E-state index in [1.807, 2.05) is 0 Å². The predicted octanol–water partition coefficient (Wildman–Crippen LogP) is 2.23. The van der Waals surface area contributed by atoms with Crippen LogP contribution in [0.5, 0.6) is 5.75 Å². The van der Waals surface area contributed by atoms with Gasteiger partial charge >= 0.3 is 0 Å². The van der Waals surface area contributed by atoms with Gasteiger partial charge in [0.15, 0.2) is 11.6 Å². The average Bonchev–Trinajstić information content (AvgIpc) is 2.41. The molecule has 0 fully saturated rings. The van der Waals surface area contributed by atoms with E-state index < -0.39 is 23.0 Å². The standard InChI is InChI=1S/C12H8ClF2N3O2/c1-20-7-3-2-6(14)9(15)8(7)10(19)5-4-17-12(13)18-11(5)16/h2-4H,1H3,(H2,16,17,18). The van der Waals surface area contributed by atoms with Crippen molar-refractivity contribution < 1.29 is 18.3 Å². The highest BCUT2D eigenvalue weighted by atomic mass is 35.5. The molecule has 0 aliphatic carbocycles. The minimum atomic E-state index is -1.33. The lowest BCUT2D eigenvalue weighted by Crippen LogP contribution is -2.12. The van der Waals surface area contributed by atoms with E-state index >= 15 is 0 Å². The number of aromatic nitrogens is 2. The topological polar surface area (TPSA) is 78.1 Å². The van der Waals surface area contributed by atoms with Gasteiger partial charge in [-0.1, -0.05) is 0 Å². The molecule has 0 spiro atoms. The predicted molar refractivity (Wildman–Crippen MR) is 67.8 cm³/mol. The molecule has 5 nitrogen and oxygen atoms in total. The van der Waals surface area contributed by atoms with Crippen LogP contribution in [0.1, 0.15) is 15.9 Å². The largest absolute Gasteiger partial charge is 0.496 e. The summed E-state index contributed by atoms with van der Waals surface area (Å²) in [7, 11) is 1.23. The van der Waals surface area contributed by atoms with E-state index in [4.69, 9.17) is 22.1 Å². The molecule has 0 aliphatic heterocycles. The summed E-state index contributed by atoms with van der Waals surface area (Å²) >= 11 is 5.51. The molecule has 2 rings (SSSR count). The van der Waals surface area contributed by atoms with Crippen molar-refractivity contribution in [1.82, 2.24) is 9.97 Å². The summed E-state index contributed by atoms with van der Waals surface area (Å²) in [5.74, 6) is -3.76. The molecule has 0 atom stereocenters. The van der Waals surface area contributed by atoms with Gasteiger partial charge in [0.25, 0.3) is 0 Å². The number of ketones is 1. The zero-order valence-electron chi connectivity index (χ0n) is 10.2. The monoisotopic (exact) mass is 299 g/mol. The highest BCUT2D eigenvalue weighted by Crippen LogP contribution is 2.27. The number of hydrogen-bond donors (Lipinski definition) is 1. The number of halogens is 3. The summed E-state index contributed by atoms with van der Waals surface area (Å²) in [5.41, 5.74) is 4.75. The Hall–Kier alpha value is -2.28. The zero-order chi connectivity index (χ0) is 14.9. The maximum absolute atomic E-state index is 13.8. The Morgan fingerprint density at radius 2 is 2.10 bits per heavy atom. The van der Waals surface area contributed by atoms with Crippen molar-refractivity contribution in [2.45, 2.75) is 0 Å². The summed E-state index contributed by atoms with van der Waals surface area (Å²) in [5, 5.41) is -0.161. The van der Waals surface area contributed by atoms with Gasteiger partial charge in [-0.2, -0.15) is 0 Å². The fourth-order valence-corrected chi connectivity index (χ4v) is 1.74. The summed E-state index contributed by atoms with van der Waals surface area (Å²) in [4.78, 5) is 19.4. The van der Waals surface area contributed by atoms with Crippen LogP contribution in [0.2, 0.25) is 5.28 Å². The van der Waals surface area contributed by atoms with Crippen LogP contribution in [0.4, 0.5) is 14.6 Å². The van der Waals surface area contributed by atoms with Crippen LogP contribution in [-0.4, -0.2) is 22.9 Å². The second-order valence-electron chi connectivity index (χ2n) is 3.71. The van der Waals surface area contributed by atoms with Gasteiger partial charge in [0, 0.05) is 6.20 Å². The van der Waals surface area contributed by atoms with E-state index in [-0.39, 0.29) is 22.4 Å². The molecule has 20 heavy (non-hydrogen) atoms. The van der Waals surface area contributed by atoms with E-state index in [9.17, 15) is 13.6 Å². The summed E-state index contributed by atoms with van der Waals surface area (Å²) in [6, 6.07) is 1.99. The van der Waals surface area contributed by atoms with Gasteiger partial charge in [-0.3, -0.25) is 4.79 Å². The second kappa shape index (κ2) is 5.38. The fraction of sp³-hybridized carbons (Fsp3) is 0.0833. The van der Waals surface area contributed by atoms with Gasteiger partial charge in [0.1, 0.15) is 17.1 Å². The molecular formula is C12H8ClF2N3O2. The SMILES string of the molecule is COc1ccc(F)c(F)c1C(=O)c1cnc(Cl)nc1N. The van der Waals surface area contributed by atoms with Crippen LogP contribution in [0, 0.1) is 11.6 Å². The molecule has 0 saturated heterocycles. The molecular weight excluding hydrogens is 292 g/mol. The molecule has 1 aromatic heterocycles. The first-order chi connectivity index (χ1) is 9.45. The maximum atomic E-state index is 13.8. The van der Waals surface area contributed by atoms with Crippen LogP contribution in [0.15, 0.2) is 18.3 Å². The van der Waals surface area contributed by atoms with Crippen molar-refractivity contribution in [3.8, 4) is 5.75 Å². The molecule has 104 valence electrons. The van der Waals surface area contributed by atoms with Gasteiger partial charge in [0.05, 0.1) is 12.7 Å². The third kappa shape index (κ3) is 2.39. The molecule has 0 radical (unpaired) electrons. The van der Waals surface area contributed by atoms with Crippen LogP contribution < -0.4 is 10.5 Å². The van der Waals surface area contributed by atoms with E-state index in [0.29, 0.717) is 0 Å². The molecule has 8 heteroatoms. The van der Waals surface area contributed by atoms with Gasteiger partial charge in [0.2, 0.25) is 11.1 Å². The Kier molecular flexibility index (Phi) is 3.80. The number of carbonyl (C=O) groups excluding carboxylic acids is 1. The molecule has 0 unspecified atom stereocenters. The molecule has 0 amide bonds. The Morgan fingerprint density at radius 3 is 2.70 bits per heavy atom. The first-order valence-electron chi connectivity index (χ1n) is 5.30. The minimum Gasteiger partial charge on any atom is -0.496 e. The molecule has 2 aromatic rings. The van der Waals surface area contributed by atoms with E-state index in [1.54, 1.807) is 0 Å². The molecule has 2 N–H and O–H groups in total. The van der Waals surface area contributed by atoms with Crippen molar-refractivity contribution in [3.05, 3.63) is 46.4 Å². The van der Waals surface area contributed by atoms with Crippen LogP contribution >= 0.6 is 11.6 Å². The Bertz CT molecular complexity index is 695. The van der Waals surface area contributed by atoms with E-state index in [1.165, 1.54) is 7.11 Å². The third-order valence-corrected chi connectivity index (χ3v) is 2.72. The van der Waals surface area contributed by atoms with Gasteiger partial charge in [-0.05, 0) is 23.7 Å². The third-order valence-electron chi connectivity index (χ3n) is 2.54. The molecule has 1 aromatic carbocycles. The zero-order valence-corrected chi connectivity index (χ0v) is 10.9. The molecule has 1 heterocycles. The molecule has 0 aliphatic rings. The summed E-state index contributed by atoms with van der Waals surface area (Å²) in [6.45, 7) is 0.